The van der Waals surface area contributed by atoms with Gasteiger partial charge in [-0.25, -0.2) is 13.8 Å². The van der Waals surface area contributed by atoms with Crippen molar-refractivity contribution in [2.45, 2.75) is 44.4 Å². The lowest BCUT2D eigenvalue weighted by Crippen LogP contribution is -2.43. The normalized spacial score (nSPS) is 17.5. The van der Waals surface area contributed by atoms with Gasteiger partial charge in [-0.2, -0.15) is 13.2 Å². The third-order valence-electron chi connectivity index (χ3n) is 5.92. The van der Waals surface area contributed by atoms with E-state index in [1.54, 1.807) is 9.80 Å². The summed E-state index contributed by atoms with van der Waals surface area (Å²) in [4.78, 5) is 20.5. The predicted molar refractivity (Wildman–Crippen MR) is 109 cm³/mol. The van der Waals surface area contributed by atoms with Crippen LogP contribution in [0.2, 0.25) is 5.02 Å². The molecule has 2 fully saturated rings. The summed E-state index contributed by atoms with van der Waals surface area (Å²) >= 11 is 6.04. The van der Waals surface area contributed by atoms with Crippen molar-refractivity contribution in [1.82, 2.24) is 9.88 Å². The number of alkyl halides is 3. The molecular formula is C22H21ClF5N3O. The summed E-state index contributed by atoms with van der Waals surface area (Å²) in [5.41, 5.74) is -0.644. The van der Waals surface area contributed by atoms with Crippen LogP contribution >= 0.6 is 11.6 Å². The SMILES string of the molecule is O=C(C1CCN(c2ncc(C(F)(F)F)cc2Cl)CC1)N(Cc1ccc(F)cc1F)C1CC1. The number of carbonyl (C=O) groups is 1. The second kappa shape index (κ2) is 8.84. The number of carbonyl (C=O) groups excluding carboxylic acids is 1. The molecule has 0 spiro atoms. The first-order valence-electron chi connectivity index (χ1n) is 10.4. The van der Waals surface area contributed by atoms with Crippen molar-refractivity contribution >= 4 is 23.3 Å². The number of amides is 1. The molecule has 0 N–H and O–H groups in total. The predicted octanol–water partition coefficient (Wildman–Crippen LogP) is 5.44. The second-order valence-electron chi connectivity index (χ2n) is 8.22. The topological polar surface area (TPSA) is 36.4 Å². The Morgan fingerprint density at radius 2 is 1.81 bits per heavy atom. The van der Waals surface area contributed by atoms with Crippen LogP contribution in [0.5, 0.6) is 0 Å². The van der Waals surface area contributed by atoms with Crippen LogP contribution in [0.25, 0.3) is 0 Å². The monoisotopic (exact) mass is 473 g/mol. The van der Waals surface area contributed by atoms with Crippen molar-refractivity contribution in [1.29, 1.82) is 0 Å². The molecule has 2 heterocycles. The van der Waals surface area contributed by atoms with Gasteiger partial charge in [0.25, 0.3) is 0 Å². The number of piperidine rings is 1. The zero-order chi connectivity index (χ0) is 23.0. The molecular weight excluding hydrogens is 453 g/mol. The molecule has 0 atom stereocenters. The van der Waals surface area contributed by atoms with Gasteiger partial charge in [0.1, 0.15) is 17.5 Å². The maximum atomic E-state index is 14.1. The van der Waals surface area contributed by atoms with Crippen LogP contribution in [0.15, 0.2) is 30.5 Å². The molecule has 1 amide bonds. The number of aromatic nitrogens is 1. The summed E-state index contributed by atoms with van der Waals surface area (Å²) in [6.45, 7) is 0.915. The van der Waals surface area contributed by atoms with E-state index in [1.165, 1.54) is 12.1 Å². The van der Waals surface area contributed by atoms with E-state index >= 15 is 0 Å². The van der Waals surface area contributed by atoms with Crippen LogP contribution < -0.4 is 4.90 Å². The molecule has 2 aliphatic rings. The first-order valence-corrected chi connectivity index (χ1v) is 10.7. The van der Waals surface area contributed by atoms with Crippen molar-refractivity contribution in [3.8, 4) is 0 Å². The van der Waals surface area contributed by atoms with Crippen molar-refractivity contribution < 1.29 is 26.7 Å². The molecule has 1 aromatic carbocycles. The summed E-state index contributed by atoms with van der Waals surface area (Å²) in [6, 6.07) is 4.25. The summed E-state index contributed by atoms with van der Waals surface area (Å²) in [5.74, 6) is -1.45. The van der Waals surface area contributed by atoms with Gasteiger partial charge in [0.05, 0.1) is 10.6 Å². The Bertz CT molecular complexity index is 1000. The lowest BCUT2D eigenvalue weighted by molar-refractivity contribution is -0.138. The molecule has 0 unspecified atom stereocenters. The van der Waals surface area contributed by atoms with Gasteiger partial charge in [-0.15, -0.1) is 0 Å². The van der Waals surface area contributed by atoms with Gasteiger partial charge in [0, 0.05) is 49.4 Å². The van der Waals surface area contributed by atoms with Gasteiger partial charge in [0.2, 0.25) is 5.91 Å². The molecule has 4 nitrogen and oxygen atoms in total. The molecule has 1 aliphatic heterocycles. The Morgan fingerprint density at radius 3 is 2.38 bits per heavy atom. The number of anilines is 1. The van der Waals surface area contributed by atoms with Crippen LogP contribution in [-0.4, -0.2) is 34.9 Å². The lowest BCUT2D eigenvalue weighted by atomic mass is 9.94. The second-order valence-corrected chi connectivity index (χ2v) is 8.63. The minimum absolute atomic E-state index is 0.0519. The smallest absolute Gasteiger partial charge is 0.355 e. The number of pyridine rings is 1. The van der Waals surface area contributed by atoms with Crippen LogP contribution in [0.3, 0.4) is 0 Å². The molecule has 0 radical (unpaired) electrons. The average Bonchev–Trinajstić information content (AvgIpc) is 3.57. The van der Waals surface area contributed by atoms with E-state index in [2.05, 4.69) is 4.98 Å². The highest BCUT2D eigenvalue weighted by molar-refractivity contribution is 6.33. The summed E-state index contributed by atoms with van der Waals surface area (Å²) in [5, 5.41) is -0.0870. The molecule has 1 aliphatic carbocycles. The van der Waals surface area contributed by atoms with E-state index in [4.69, 9.17) is 11.6 Å². The van der Waals surface area contributed by atoms with Gasteiger partial charge in [-0.05, 0) is 37.8 Å². The van der Waals surface area contributed by atoms with Crippen LogP contribution in [0.4, 0.5) is 27.8 Å². The number of benzene rings is 1. The summed E-state index contributed by atoms with van der Waals surface area (Å²) in [6.07, 6.45) is -1.12. The van der Waals surface area contributed by atoms with Crippen molar-refractivity contribution in [3.05, 3.63) is 58.2 Å². The van der Waals surface area contributed by atoms with Crippen LogP contribution in [-0.2, 0) is 17.5 Å². The number of hydrogen-bond donors (Lipinski definition) is 0. The highest BCUT2D eigenvalue weighted by atomic mass is 35.5. The summed E-state index contributed by atoms with van der Waals surface area (Å²) in [7, 11) is 0. The molecule has 32 heavy (non-hydrogen) atoms. The number of hydrogen-bond acceptors (Lipinski definition) is 3. The van der Waals surface area contributed by atoms with Gasteiger partial charge in [0.15, 0.2) is 0 Å². The number of halogens is 6. The molecule has 4 rings (SSSR count). The highest BCUT2D eigenvalue weighted by Gasteiger charge is 2.38. The van der Waals surface area contributed by atoms with Crippen molar-refractivity contribution in [3.63, 3.8) is 0 Å². The molecule has 1 saturated carbocycles. The lowest BCUT2D eigenvalue weighted by Gasteiger charge is -2.35. The summed E-state index contributed by atoms with van der Waals surface area (Å²) < 4.78 is 65.8. The van der Waals surface area contributed by atoms with Crippen LogP contribution in [0, 0.1) is 17.6 Å². The molecule has 2 aromatic rings. The fourth-order valence-electron chi connectivity index (χ4n) is 4.00. The zero-order valence-electron chi connectivity index (χ0n) is 17.0. The quantitative estimate of drug-likeness (QED) is 0.543. The van der Waals surface area contributed by atoms with Gasteiger partial charge < -0.3 is 9.80 Å². The third-order valence-corrected chi connectivity index (χ3v) is 6.20. The average molecular weight is 474 g/mol. The van der Waals surface area contributed by atoms with E-state index < -0.39 is 23.4 Å². The zero-order valence-corrected chi connectivity index (χ0v) is 17.8. The van der Waals surface area contributed by atoms with Crippen molar-refractivity contribution in [2.75, 3.05) is 18.0 Å². The van der Waals surface area contributed by atoms with E-state index in [-0.39, 0.29) is 40.8 Å². The fraction of sp³-hybridized carbons (Fsp3) is 0.455. The van der Waals surface area contributed by atoms with Gasteiger partial charge >= 0.3 is 6.18 Å². The molecule has 172 valence electrons. The number of rotatable bonds is 5. The Kier molecular flexibility index (Phi) is 6.29. The molecule has 1 aromatic heterocycles. The minimum Gasteiger partial charge on any atom is -0.355 e. The van der Waals surface area contributed by atoms with Crippen molar-refractivity contribution in [2.24, 2.45) is 5.92 Å². The number of nitrogens with zero attached hydrogens (tertiary/aromatic N) is 3. The van der Waals surface area contributed by atoms with E-state index in [0.29, 0.717) is 25.9 Å². The molecule has 0 bridgehead atoms. The maximum absolute atomic E-state index is 14.1. The third kappa shape index (κ3) is 4.98. The van der Waals surface area contributed by atoms with Crippen LogP contribution in [0.1, 0.15) is 36.8 Å². The van der Waals surface area contributed by atoms with Gasteiger partial charge in [-0.3, -0.25) is 4.79 Å². The highest BCUT2D eigenvalue weighted by Crippen LogP contribution is 2.36. The van der Waals surface area contributed by atoms with E-state index in [9.17, 15) is 26.7 Å². The van der Waals surface area contributed by atoms with E-state index in [1.807, 2.05) is 0 Å². The first kappa shape index (κ1) is 22.8. The minimum atomic E-state index is -4.52. The largest absolute Gasteiger partial charge is 0.417 e. The Morgan fingerprint density at radius 1 is 1.12 bits per heavy atom. The standard InChI is InChI=1S/C22H21ClF5N3O/c23-18-9-15(22(26,27)28)11-29-20(18)30-7-5-13(6-8-30)21(32)31(17-3-4-17)12-14-1-2-16(24)10-19(14)25/h1-2,9-11,13,17H,3-8,12H2. The molecule has 1 saturated heterocycles. The Hall–Kier alpha value is -2.42. The molecule has 10 heteroatoms. The van der Waals surface area contributed by atoms with E-state index in [0.717, 1.165) is 31.2 Å². The first-order chi connectivity index (χ1) is 15.1. The fourth-order valence-corrected chi connectivity index (χ4v) is 4.28. The Labute approximate surface area is 187 Å². The Balaban J connectivity index is 1.41. The maximum Gasteiger partial charge on any atom is 0.417 e. The van der Waals surface area contributed by atoms with Gasteiger partial charge in [-0.1, -0.05) is 17.7 Å².